The lowest BCUT2D eigenvalue weighted by Crippen LogP contribution is -2.42. The highest BCUT2D eigenvalue weighted by Crippen LogP contribution is 2.29. The van der Waals surface area contributed by atoms with E-state index >= 15 is 0 Å². The maximum atomic E-state index is 12.6. The molecule has 5 heteroatoms. The number of hydrogen-bond acceptors (Lipinski definition) is 3. The fourth-order valence-corrected chi connectivity index (χ4v) is 4.82. The van der Waals surface area contributed by atoms with Crippen molar-refractivity contribution in [3.05, 3.63) is 70.5 Å². The molecule has 2 heterocycles. The zero-order chi connectivity index (χ0) is 21.2. The molecule has 4 aliphatic rings. The van der Waals surface area contributed by atoms with Crippen LogP contribution in [0.4, 0.5) is 0 Å². The number of amides is 2. The molecule has 0 radical (unpaired) electrons. The average Bonchev–Trinajstić information content (AvgIpc) is 2.92. The molecule has 31 heavy (non-hydrogen) atoms. The van der Waals surface area contributed by atoms with Crippen LogP contribution in [0.5, 0.6) is 0 Å². The molecule has 162 valence electrons. The second-order valence-electron chi connectivity index (χ2n) is 9.11. The number of allylic oxidation sites excluding steroid dienone is 3. The predicted molar refractivity (Wildman–Crippen MR) is 121 cm³/mol. The summed E-state index contributed by atoms with van der Waals surface area (Å²) in [4.78, 5) is 29.4. The van der Waals surface area contributed by atoms with E-state index in [1.165, 1.54) is 23.2 Å². The molecule has 2 aliphatic carbocycles. The molecule has 2 aliphatic heterocycles. The molecule has 0 spiro atoms. The fraction of sp³-hybridized carbons (Fsp3) is 0.462. The quantitative estimate of drug-likeness (QED) is 0.801. The molecule has 0 unspecified atom stereocenters. The van der Waals surface area contributed by atoms with Crippen molar-refractivity contribution in [2.45, 2.75) is 45.1 Å². The molecule has 5 nitrogen and oxygen atoms in total. The number of carbonyl (C=O) groups excluding carboxylic acids is 2. The van der Waals surface area contributed by atoms with Crippen LogP contribution in [0.25, 0.3) is 0 Å². The Kier molecular flexibility index (Phi) is 5.66. The minimum Gasteiger partial charge on any atom is -0.371 e. The maximum Gasteiger partial charge on any atom is 0.247 e. The minimum atomic E-state index is 0.000527. The topological polar surface area (TPSA) is 52.7 Å². The second-order valence-corrected chi connectivity index (χ2v) is 9.11. The summed E-state index contributed by atoms with van der Waals surface area (Å²) in [6.07, 6.45) is 14.4. The van der Waals surface area contributed by atoms with Crippen molar-refractivity contribution >= 4 is 11.8 Å². The first-order valence-electron chi connectivity index (χ1n) is 11.7. The number of nitrogens with zero attached hydrogens (tertiary/aromatic N) is 2. The van der Waals surface area contributed by atoms with Gasteiger partial charge in [-0.25, -0.2) is 0 Å². The van der Waals surface area contributed by atoms with Gasteiger partial charge >= 0.3 is 0 Å². The van der Waals surface area contributed by atoms with Gasteiger partial charge in [0.25, 0.3) is 0 Å². The van der Waals surface area contributed by atoms with Crippen LogP contribution in [0, 0.1) is 5.92 Å². The third-order valence-corrected chi connectivity index (χ3v) is 7.19. The zero-order valence-electron chi connectivity index (χ0n) is 18.1. The van der Waals surface area contributed by atoms with Crippen LogP contribution in [0.15, 0.2) is 53.8 Å². The Labute approximate surface area is 184 Å². The Hall–Kier alpha value is -2.82. The highest BCUT2D eigenvalue weighted by atomic mass is 16.2. The average molecular weight is 418 g/mol. The summed E-state index contributed by atoms with van der Waals surface area (Å²) in [5.41, 5.74) is 6.13. The summed E-state index contributed by atoms with van der Waals surface area (Å²) >= 11 is 0. The van der Waals surface area contributed by atoms with Gasteiger partial charge < -0.3 is 15.1 Å². The number of fused-ring (bicyclic) bond motifs is 1. The molecule has 0 bridgehead atoms. The Morgan fingerprint density at radius 1 is 1.03 bits per heavy atom. The monoisotopic (exact) mass is 417 g/mol. The van der Waals surface area contributed by atoms with Gasteiger partial charge in [-0.1, -0.05) is 36.8 Å². The van der Waals surface area contributed by atoms with Crippen LogP contribution < -0.4 is 5.32 Å². The predicted octanol–water partition coefficient (Wildman–Crippen LogP) is 3.12. The molecule has 1 saturated carbocycles. The van der Waals surface area contributed by atoms with Crippen LogP contribution in [0.3, 0.4) is 0 Å². The molecule has 0 saturated heterocycles. The van der Waals surface area contributed by atoms with Crippen molar-refractivity contribution in [1.82, 2.24) is 15.1 Å². The third kappa shape index (κ3) is 4.32. The number of carbonyl (C=O) groups is 2. The van der Waals surface area contributed by atoms with Crippen LogP contribution in [0.1, 0.15) is 42.4 Å². The smallest absolute Gasteiger partial charge is 0.247 e. The molecule has 0 atom stereocenters. The maximum absolute atomic E-state index is 12.6. The van der Waals surface area contributed by atoms with Crippen LogP contribution in [-0.2, 0) is 29.0 Å². The van der Waals surface area contributed by atoms with Crippen molar-refractivity contribution in [3.8, 4) is 0 Å². The Morgan fingerprint density at radius 3 is 2.48 bits per heavy atom. The van der Waals surface area contributed by atoms with Gasteiger partial charge in [-0.3, -0.25) is 9.59 Å². The fourth-order valence-electron chi connectivity index (χ4n) is 4.82. The van der Waals surface area contributed by atoms with Gasteiger partial charge in [0.15, 0.2) is 0 Å². The summed E-state index contributed by atoms with van der Waals surface area (Å²) in [5, 5.41) is 3.09. The van der Waals surface area contributed by atoms with E-state index in [1.807, 2.05) is 11.0 Å². The minimum absolute atomic E-state index is 0.000527. The van der Waals surface area contributed by atoms with Crippen LogP contribution >= 0.6 is 0 Å². The standard InChI is InChI=1S/C26H31N3O2/c30-25(21-10-15-29(16-11-21)26(31)22-3-1-4-22)27-18-19-7-8-20-9-13-28(24-5-2-6-24)14-12-23(20)17-19/h2,5-8,10,17,22H,1,3-4,9,11-16,18H2,(H,27,30). The number of nitrogens with one attached hydrogen (secondary N) is 1. The Morgan fingerprint density at radius 2 is 1.84 bits per heavy atom. The Balaban J connectivity index is 1.14. The molecular weight excluding hydrogens is 386 g/mol. The molecule has 1 N–H and O–H groups in total. The molecule has 0 aromatic heterocycles. The summed E-state index contributed by atoms with van der Waals surface area (Å²) in [6.45, 7) is 3.88. The summed E-state index contributed by atoms with van der Waals surface area (Å²) in [7, 11) is 0. The van der Waals surface area contributed by atoms with Gasteiger partial charge in [-0.2, -0.15) is 0 Å². The highest BCUT2D eigenvalue weighted by Gasteiger charge is 2.30. The molecular formula is C26H31N3O2. The van der Waals surface area contributed by atoms with Gasteiger partial charge in [-0.05, 0) is 60.9 Å². The summed E-state index contributed by atoms with van der Waals surface area (Å²) in [5.74, 6) is 0.502. The number of hydrogen-bond donors (Lipinski definition) is 1. The lowest BCUT2D eigenvalue weighted by atomic mass is 9.84. The van der Waals surface area contributed by atoms with Crippen molar-refractivity contribution in [3.63, 3.8) is 0 Å². The Bertz CT molecular complexity index is 971. The summed E-state index contributed by atoms with van der Waals surface area (Å²) < 4.78 is 0. The number of rotatable bonds is 5. The first kappa shape index (κ1) is 20.1. The number of benzene rings is 1. The van der Waals surface area contributed by atoms with Gasteiger partial charge in [0.2, 0.25) is 11.8 Å². The van der Waals surface area contributed by atoms with Gasteiger partial charge in [0.1, 0.15) is 0 Å². The van der Waals surface area contributed by atoms with E-state index in [1.54, 1.807) is 0 Å². The largest absolute Gasteiger partial charge is 0.371 e. The van der Waals surface area contributed by atoms with E-state index in [9.17, 15) is 9.59 Å². The van der Waals surface area contributed by atoms with Crippen molar-refractivity contribution in [2.24, 2.45) is 5.92 Å². The molecule has 1 aromatic carbocycles. The zero-order valence-corrected chi connectivity index (χ0v) is 18.1. The lowest BCUT2D eigenvalue weighted by molar-refractivity contribution is -0.138. The van der Waals surface area contributed by atoms with E-state index < -0.39 is 0 Å². The van der Waals surface area contributed by atoms with Crippen molar-refractivity contribution in [1.29, 1.82) is 0 Å². The van der Waals surface area contributed by atoms with Gasteiger partial charge in [0.05, 0.1) is 0 Å². The van der Waals surface area contributed by atoms with Gasteiger partial charge in [0, 0.05) is 49.9 Å². The first-order chi connectivity index (χ1) is 15.2. The van der Waals surface area contributed by atoms with E-state index in [4.69, 9.17) is 0 Å². The molecule has 2 amide bonds. The normalized spacial score (nSPS) is 20.6. The first-order valence-corrected chi connectivity index (χ1v) is 11.7. The molecule has 5 rings (SSSR count). The van der Waals surface area contributed by atoms with Crippen LogP contribution in [-0.4, -0.2) is 47.8 Å². The third-order valence-electron chi connectivity index (χ3n) is 7.19. The summed E-state index contributed by atoms with van der Waals surface area (Å²) in [6, 6.07) is 6.64. The van der Waals surface area contributed by atoms with E-state index in [0.717, 1.165) is 49.9 Å². The van der Waals surface area contributed by atoms with Crippen molar-refractivity contribution in [2.75, 3.05) is 26.2 Å². The lowest BCUT2D eigenvalue weighted by Gasteiger charge is -2.33. The molecule has 1 fully saturated rings. The van der Waals surface area contributed by atoms with E-state index in [2.05, 4.69) is 46.6 Å². The van der Waals surface area contributed by atoms with Crippen LogP contribution in [0.2, 0.25) is 0 Å². The SMILES string of the molecule is O=C(NCc1ccc2c(c1)CCN(C1=CC=C1)CC2)C1=CCN(C(=O)C2CCC2)CC1. The van der Waals surface area contributed by atoms with Crippen molar-refractivity contribution < 1.29 is 9.59 Å². The van der Waals surface area contributed by atoms with Gasteiger partial charge in [-0.15, -0.1) is 0 Å². The van der Waals surface area contributed by atoms with E-state index in [-0.39, 0.29) is 17.7 Å². The highest BCUT2D eigenvalue weighted by molar-refractivity contribution is 5.94. The molecule has 1 aromatic rings. The second kappa shape index (κ2) is 8.74. The van der Waals surface area contributed by atoms with E-state index in [0.29, 0.717) is 26.1 Å².